The molecule has 60 valence electrons. The second-order valence-corrected chi connectivity index (χ2v) is 3.57. The Balaban J connectivity index is 2.24. The van der Waals surface area contributed by atoms with E-state index in [1.807, 2.05) is 0 Å². The fourth-order valence-electron chi connectivity index (χ4n) is 2.18. The van der Waals surface area contributed by atoms with Gasteiger partial charge in [-0.2, -0.15) is 0 Å². The average molecular weight is 152 g/mol. The Kier molecular flexibility index (Phi) is 1.55. The van der Waals surface area contributed by atoms with Crippen molar-refractivity contribution in [2.45, 2.75) is 38.0 Å². The van der Waals surface area contributed by atoms with Crippen molar-refractivity contribution in [3.05, 3.63) is 0 Å². The van der Waals surface area contributed by atoms with Gasteiger partial charge in [-0.1, -0.05) is 13.8 Å². The van der Waals surface area contributed by atoms with Crippen molar-refractivity contribution in [2.24, 2.45) is 5.92 Å². The zero-order valence-electron chi connectivity index (χ0n) is 7.04. The van der Waals surface area contributed by atoms with Crippen molar-refractivity contribution in [3.8, 4) is 0 Å². The van der Waals surface area contributed by atoms with Crippen molar-refractivity contribution in [1.29, 1.82) is 0 Å². The van der Waals surface area contributed by atoms with Crippen LogP contribution < -0.4 is 0 Å². The molecular weight excluding hydrogens is 139 g/mol. The number of hydrogen-bond donors (Lipinski definition) is 0. The molecule has 0 N–H and O–H groups in total. The second-order valence-electron chi connectivity index (χ2n) is 3.57. The van der Waals surface area contributed by atoms with E-state index in [0.29, 0.717) is 5.92 Å². The molecule has 0 aromatic heterocycles. The molecule has 2 saturated heterocycles. The van der Waals surface area contributed by atoms with E-state index in [2.05, 4.69) is 13.8 Å². The van der Waals surface area contributed by atoms with Gasteiger partial charge in [-0.25, -0.2) is 0 Å². The Morgan fingerprint density at radius 3 is 2.64 bits per heavy atom. The van der Waals surface area contributed by atoms with Crippen LogP contribution in [-0.2, 0) is 9.47 Å². The maximum atomic E-state index is 5.72. The van der Waals surface area contributed by atoms with Gasteiger partial charge in [-0.3, -0.25) is 0 Å². The lowest BCUT2D eigenvalue weighted by molar-refractivity contribution is -0.115. The maximum absolute atomic E-state index is 5.72. The topological polar surface area (TPSA) is 18.5 Å². The molecule has 2 bridgehead atoms. The summed E-state index contributed by atoms with van der Waals surface area (Å²) in [4.78, 5) is 0. The normalized spacial score (nSPS) is 55.3. The summed E-state index contributed by atoms with van der Waals surface area (Å²) in [6.07, 6.45) is 1.13. The van der Waals surface area contributed by atoms with Gasteiger partial charge >= 0.3 is 0 Å². The summed E-state index contributed by atoms with van der Waals surface area (Å²) >= 11 is 0. The zero-order valence-corrected chi connectivity index (χ0v) is 7.04. The molecule has 0 aromatic carbocycles. The van der Waals surface area contributed by atoms with E-state index < -0.39 is 0 Å². The lowest BCUT2D eigenvalue weighted by atomic mass is 9.85. The van der Waals surface area contributed by atoms with E-state index in [0.717, 1.165) is 13.0 Å². The minimum Gasteiger partial charge on any atom is -0.376 e. The second kappa shape index (κ2) is 2.24. The van der Waals surface area contributed by atoms with E-state index in [9.17, 15) is 0 Å². The molecule has 0 amide bonds. The Morgan fingerprint density at radius 2 is 2.36 bits per heavy atom. The van der Waals surface area contributed by atoms with Crippen LogP contribution in [0.3, 0.4) is 0 Å². The van der Waals surface area contributed by atoms with Crippen molar-refractivity contribution in [3.63, 3.8) is 0 Å². The van der Waals surface area contributed by atoms with Crippen molar-refractivity contribution < 1.29 is 9.47 Å². The van der Waals surface area contributed by atoms with E-state index in [4.69, 9.17) is 17.3 Å². The van der Waals surface area contributed by atoms with Gasteiger partial charge in [0.1, 0.15) is 7.85 Å². The highest BCUT2D eigenvalue weighted by atomic mass is 16.6. The lowest BCUT2D eigenvalue weighted by Gasteiger charge is -2.29. The van der Waals surface area contributed by atoms with Gasteiger partial charge in [0.25, 0.3) is 0 Å². The van der Waals surface area contributed by atoms with Crippen LogP contribution in [0.25, 0.3) is 0 Å². The molecule has 3 heteroatoms. The number of hydrogen-bond acceptors (Lipinski definition) is 2. The minimum atomic E-state index is -0.196. The highest BCUT2D eigenvalue weighted by Gasteiger charge is 2.55. The minimum absolute atomic E-state index is 0.0654. The van der Waals surface area contributed by atoms with Crippen LogP contribution in [-0.4, -0.2) is 32.2 Å². The quantitative estimate of drug-likeness (QED) is 0.514. The molecular formula is C8H13BO2. The molecule has 0 aliphatic carbocycles. The van der Waals surface area contributed by atoms with Crippen LogP contribution in [0.1, 0.15) is 20.3 Å². The van der Waals surface area contributed by atoms with Crippen molar-refractivity contribution >= 4 is 7.85 Å². The van der Waals surface area contributed by atoms with E-state index in [-0.39, 0.29) is 17.7 Å². The Morgan fingerprint density at radius 1 is 1.64 bits per heavy atom. The number of fused-ring (bicyclic) bond motifs is 2. The first-order valence-electron chi connectivity index (χ1n) is 4.24. The van der Waals surface area contributed by atoms with E-state index >= 15 is 0 Å². The summed E-state index contributed by atoms with van der Waals surface area (Å²) < 4.78 is 11.2. The molecule has 2 fully saturated rings. The van der Waals surface area contributed by atoms with Crippen LogP contribution in [0.15, 0.2) is 0 Å². The third-order valence-corrected chi connectivity index (χ3v) is 3.14. The van der Waals surface area contributed by atoms with Crippen molar-refractivity contribution in [2.75, 3.05) is 6.61 Å². The molecule has 0 spiro atoms. The Bertz CT molecular complexity index is 173. The highest BCUT2D eigenvalue weighted by Crippen LogP contribution is 2.45. The van der Waals surface area contributed by atoms with Crippen LogP contribution >= 0.6 is 0 Å². The average Bonchev–Trinajstić information content (AvgIpc) is 2.42. The van der Waals surface area contributed by atoms with Gasteiger partial charge in [-0.15, -0.1) is 0 Å². The molecule has 2 aliphatic heterocycles. The monoisotopic (exact) mass is 152 g/mol. The summed E-state index contributed by atoms with van der Waals surface area (Å²) in [5.41, 5.74) is -0.0654. The Labute approximate surface area is 68.7 Å². The third kappa shape index (κ3) is 0.813. The summed E-state index contributed by atoms with van der Waals surface area (Å²) in [7, 11) is 5.72. The summed E-state index contributed by atoms with van der Waals surface area (Å²) in [6.45, 7) is 5.01. The summed E-state index contributed by atoms with van der Waals surface area (Å²) in [5.74, 6) is 0.461. The molecule has 2 aliphatic rings. The lowest BCUT2D eigenvalue weighted by Crippen LogP contribution is -2.37. The molecule has 0 aromatic rings. The van der Waals surface area contributed by atoms with Crippen LogP contribution in [0, 0.1) is 5.92 Å². The SMILES string of the molecule is [B][C@@H]1O[C@@]2(CC)COC1C2C. The van der Waals surface area contributed by atoms with Crippen LogP contribution in [0.2, 0.25) is 0 Å². The predicted molar refractivity (Wildman–Crippen MR) is 42.6 cm³/mol. The standard InChI is InChI=1S/C8H13BO2/c1-3-8-4-10-6(5(8)2)7(9)11-8/h5-7H,3-4H2,1-2H3/t5?,6?,7-,8+/m1/s1. The first-order chi connectivity index (χ1) is 5.19. The molecule has 11 heavy (non-hydrogen) atoms. The smallest absolute Gasteiger partial charge is 0.112 e. The van der Waals surface area contributed by atoms with Crippen LogP contribution in [0.4, 0.5) is 0 Å². The fraction of sp³-hybridized carbons (Fsp3) is 1.00. The maximum Gasteiger partial charge on any atom is 0.112 e. The summed E-state index contributed by atoms with van der Waals surface area (Å²) in [6, 6.07) is -0.196. The van der Waals surface area contributed by atoms with Crippen LogP contribution in [0.5, 0.6) is 0 Å². The Hall–Kier alpha value is -0.0151. The predicted octanol–water partition coefficient (Wildman–Crippen LogP) is 0.695. The van der Waals surface area contributed by atoms with Gasteiger partial charge in [0.15, 0.2) is 0 Å². The van der Waals surface area contributed by atoms with Crippen molar-refractivity contribution in [1.82, 2.24) is 0 Å². The molecule has 0 saturated carbocycles. The zero-order chi connectivity index (χ0) is 8.06. The fourth-order valence-corrected chi connectivity index (χ4v) is 2.18. The van der Waals surface area contributed by atoms with Gasteiger partial charge in [0, 0.05) is 11.9 Å². The van der Waals surface area contributed by atoms with Gasteiger partial charge in [-0.05, 0) is 6.42 Å². The van der Waals surface area contributed by atoms with E-state index in [1.54, 1.807) is 0 Å². The van der Waals surface area contributed by atoms with Gasteiger partial charge in [0.2, 0.25) is 0 Å². The molecule has 4 atom stereocenters. The number of ether oxygens (including phenoxy) is 2. The molecule has 2 heterocycles. The summed E-state index contributed by atoms with van der Waals surface area (Å²) in [5, 5.41) is 0. The first kappa shape index (κ1) is 7.62. The van der Waals surface area contributed by atoms with Gasteiger partial charge < -0.3 is 9.47 Å². The number of rotatable bonds is 1. The molecule has 2 radical (unpaired) electrons. The highest BCUT2D eigenvalue weighted by molar-refractivity contribution is 6.11. The molecule has 2 unspecified atom stereocenters. The van der Waals surface area contributed by atoms with Gasteiger partial charge in [0.05, 0.1) is 18.3 Å². The van der Waals surface area contributed by atoms with E-state index in [1.165, 1.54) is 0 Å². The third-order valence-electron chi connectivity index (χ3n) is 3.14. The molecule has 2 nitrogen and oxygen atoms in total. The molecule has 2 rings (SSSR count). The first-order valence-corrected chi connectivity index (χ1v) is 4.24. The largest absolute Gasteiger partial charge is 0.376 e.